The molecule has 0 aliphatic heterocycles. The van der Waals surface area contributed by atoms with E-state index in [1.54, 1.807) is 93.0 Å². The van der Waals surface area contributed by atoms with Crippen LogP contribution in [0, 0.1) is 44.1 Å². The number of nitrogens with one attached hydrogen (secondary N) is 4. The fourth-order valence-electron chi connectivity index (χ4n) is 10.6. The summed E-state index contributed by atoms with van der Waals surface area (Å²) in [4.78, 5) is 83.9. The van der Waals surface area contributed by atoms with Crippen molar-refractivity contribution in [3.05, 3.63) is 208 Å². The molecule has 0 spiro atoms. The van der Waals surface area contributed by atoms with Crippen molar-refractivity contribution in [2.75, 3.05) is 32.8 Å². The number of benzene rings is 7. The van der Waals surface area contributed by atoms with Crippen molar-refractivity contribution in [3.8, 4) is 40.2 Å². The third kappa shape index (κ3) is 16.4. The van der Waals surface area contributed by atoms with Crippen molar-refractivity contribution in [1.29, 1.82) is 0 Å². The van der Waals surface area contributed by atoms with E-state index in [-0.39, 0.29) is 24.8 Å². The maximum absolute atomic E-state index is 13.2. The number of hydrogen-bond donors (Lipinski definition) is 7. The number of nitro groups is 1. The smallest absolute Gasteiger partial charge is 0.313 e. The Morgan fingerprint density at radius 1 is 0.467 bits per heavy atom. The van der Waals surface area contributed by atoms with Crippen LogP contribution in [0.4, 0.5) is 11.4 Å². The number of nitrogens with zero attached hydrogens (tertiary/aromatic N) is 1. The molecule has 23 heteroatoms. The Labute approximate surface area is 518 Å². The Hall–Kier alpha value is -10.4. The summed E-state index contributed by atoms with van der Waals surface area (Å²) in [6, 6.07) is 51.6. The minimum absolute atomic E-state index is 0.0251. The second kappa shape index (κ2) is 30.0. The van der Waals surface area contributed by atoms with E-state index in [9.17, 15) is 38.9 Å². The lowest BCUT2D eigenvalue weighted by Crippen LogP contribution is -2.33. The van der Waals surface area contributed by atoms with Gasteiger partial charge in [-0.25, -0.2) is 16.4 Å². The maximum Gasteiger partial charge on any atom is 0.313 e. The Bertz CT molecular complexity index is 3600. The molecule has 7 aromatic rings. The van der Waals surface area contributed by atoms with Gasteiger partial charge in [0.05, 0.1) is 66.4 Å². The molecular formula is C67H69N5O18. The third-order valence-corrected chi connectivity index (χ3v) is 15.8. The number of methoxy groups -OCH3 is 2. The van der Waals surface area contributed by atoms with Crippen LogP contribution in [0.2, 0.25) is 0 Å². The summed E-state index contributed by atoms with van der Waals surface area (Å²) in [6.45, 7) is 4.33. The number of hydrogen-bond acceptors (Lipinski definition) is 18. The highest BCUT2D eigenvalue weighted by molar-refractivity contribution is 6.03. The van der Waals surface area contributed by atoms with Crippen LogP contribution < -0.4 is 45.4 Å². The SMILES string of the molecule is CCOC(=O)[C@@]1(Cc2ccc(Oc3ccc(OC)cc3)cc2)C[C@@H]1C(=O)NO.CCOC(=O)[C@@]1(Cc2ccc(Oc3ccc([N+](=O)[O-])cc3)cc2)C[C@@H]1C(=O)NO.COc1ccc(NC(=O)[C@@]2(Cc3ccc(OCc4ccccc4)cc3)C[C@@H]2C(=O)NO)cc1. The summed E-state index contributed by atoms with van der Waals surface area (Å²) in [6.07, 6.45) is 2.02. The molecule has 7 N–H and O–H groups in total. The Kier molecular flexibility index (Phi) is 21.9. The summed E-state index contributed by atoms with van der Waals surface area (Å²) in [5, 5.41) is 40.5. The molecule has 0 heterocycles. The van der Waals surface area contributed by atoms with Gasteiger partial charge in [0.15, 0.2) is 0 Å². The second-order valence-corrected chi connectivity index (χ2v) is 21.7. The number of carbonyl (C=O) groups is 6. The molecule has 0 saturated heterocycles. The predicted octanol–water partition coefficient (Wildman–Crippen LogP) is 10.1. The molecule has 6 atom stereocenters. The summed E-state index contributed by atoms with van der Waals surface area (Å²) in [5.41, 5.74) is 6.33. The van der Waals surface area contributed by atoms with Crippen molar-refractivity contribution < 1.29 is 82.5 Å². The molecule has 0 bridgehead atoms. The second-order valence-electron chi connectivity index (χ2n) is 21.7. The van der Waals surface area contributed by atoms with Crippen LogP contribution in [-0.2, 0) is 64.1 Å². The molecule has 0 unspecified atom stereocenters. The fraction of sp³-hybridized carbons (Fsp3) is 0.284. The van der Waals surface area contributed by atoms with Crippen molar-refractivity contribution in [3.63, 3.8) is 0 Å². The summed E-state index contributed by atoms with van der Waals surface area (Å²) < 4.78 is 37.8. The number of amides is 4. The van der Waals surface area contributed by atoms with E-state index in [2.05, 4.69) is 5.32 Å². The van der Waals surface area contributed by atoms with Gasteiger partial charge in [-0.3, -0.25) is 54.5 Å². The summed E-state index contributed by atoms with van der Waals surface area (Å²) in [7, 11) is 3.18. The lowest BCUT2D eigenvalue weighted by molar-refractivity contribution is -0.384. The van der Waals surface area contributed by atoms with E-state index < -0.39 is 68.6 Å². The summed E-state index contributed by atoms with van der Waals surface area (Å²) >= 11 is 0. The monoisotopic (exact) mass is 1230 g/mol. The number of hydroxylamine groups is 3. The van der Waals surface area contributed by atoms with Gasteiger partial charge in [0.2, 0.25) is 23.6 Å². The number of rotatable bonds is 25. The molecule has 3 saturated carbocycles. The first-order valence-corrected chi connectivity index (χ1v) is 28.7. The number of carbonyl (C=O) groups excluding carboxylic acids is 6. The Morgan fingerprint density at radius 2 is 0.811 bits per heavy atom. The van der Waals surface area contributed by atoms with Crippen molar-refractivity contribution >= 4 is 46.9 Å². The number of non-ortho nitro benzene ring substituents is 1. The van der Waals surface area contributed by atoms with Crippen LogP contribution in [0.5, 0.6) is 40.2 Å². The molecule has 0 radical (unpaired) electrons. The third-order valence-electron chi connectivity index (χ3n) is 15.8. The molecule has 470 valence electrons. The lowest BCUT2D eigenvalue weighted by Gasteiger charge is -2.18. The van der Waals surface area contributed by atoms with E-state index in [4.69, 9.17) is 48.8 Å². The largest absolute Gasteiger partial charge is 0.497 e. The standard InChI is InChI=1S/C26H26N2O5.C21H23NO6.C20H20N2O7/c1-32-21-13-9-20(10-14-21)27-25(30)26(16-23(26)24(29)28-31)15-18-7-11-22(12-8-18)33-17-19-5-3-2-4-6-19;1-3-27-20(24)21(13-18(21)19(23)22-25)12-14-4-6-16(7-5-14)28-17-10-8-15(26-2)9-11-17;1-2-28-19(24)20(12-17(20)18(23)21-25)11-13-3-7-15(8-4-13)29-16-9-5-14(6-10-16)22(26)27/h2-14,23,31H,15-17H2,1H3,(H,27,30)(H,28,29);4-11,18,25H,3,12-13H2,1-2H3,(H,22,23);3-10,17,25H,2,11-12H2,1H3,(H,21,23)/t23-,26+;18-,21+;17-,20+/m111/s1. The van der Waals surface area contributed by atoms with E-state index in [1.807, 2.05) is 103 Å². The Morgan fingerprint density at radius 3 is 1.20 bits per heavy atom. The van der Waals surface area contributed by atoms with E-state index >= 15 is 0 Å². The van der Waals surface area contributed by atoms with Crippen LogP contribution >= 0.6 is 0 Å². The quantitative estimate of drug-likeness (QED) is 0.0121. The number of ether oxygens (including phenoxy) is 7. The molecule has 3 aliphatic carbocycles. The zero-order chi connectivity index (χ0) is 64.4. The van der Waals surface area contributed by atoms with Gasteiger partial charge in [0.25, 0.3) is 5.69 Å². The van der Waals surface area contributed by atoms with Gasteiger partial charge in [-0.15, -0.1) is 0 Å². The van der Waals surface area contributed by atoms with Gasteiger partial charge >= 0.3 is 11.9 Å². The molecule has 3 fully saturated rings. The summed E-state index contributed by atoms with van der Waals surface area (Å²) in [5.74, 6) is -0.221. The van der Waals surface area contributed by atoms with Crippen molar-refractivity contribution in [2.24, 2.45) is 34.0 Å². The highest BCUT2D eigenvalue weighted by Gasteiger charge is 2.66. The minimum atomic E-state index is -0.983. The lowest BCUT2D eigenvalue weighted by atomic mass is 9.92. The zero-order valence-electron chi connectivity index (χ0n) is 49.8. The van der Waals surface area contributed by atoms with Gasteiger partial charge < -0.3 is 38.5 Å². The molecule has 4 amide bonds. The first kappa shape index (κ1) is 65.6. The topological polar surface area (TPSA) is 319 Å². The van der Waals surface area contributed by atoms with Gasteiger partial charge in [-0.2, -0.15) is 0 Å². The van der Waals surface area contributed by atoms with E-state index in [0.717, 1.165) is 33.8 Å². The van der Waals surface area contributed by atoms with E-state index in [1.165, 1.54) is 24.3 Å². The molecule has 10 rings (SSSR count). The number of nitro benzene ring substituents is 1. The van der Waals surface area contributed by atoms with Crippen molar-refractivity contribution in [1.82, 2.24) is 16.4 Å². The normalized spacial score (nSPS) is 19.6. The number of esters is 2. The van der Waals surface area contributed by atoms with Crippen LogP contribution in [0.15, 0.2) is 176 Å². The number of anilines is 1. The molecule has 3 aliphatic rings. The Balaban J connectivity index is 0.000000175. The zero-order valence-corrected chi connectivity index (χ0v) is 49.8. The highest BCUT2D eigenvalue weighted by Crippen LogP contribution is 2.58. The first-order valence-electron chi connectivity index (χ1n) is 28.7. The first-order chi connectivity index (χ1) is 43.4. The van der Waals surface area contributed by atoms with Crippen LogP contribution in [-0.4, -0.2) is 83.5 Å². The van der Waals surface area contributed by atoms with Crippen molar-refractivity contribution in [2.45, 2.75) is 59.0 Å². The molecular weight excluding hydrogens is 1160 g/mol. The van der Waals surface area contributed by atoms with Crippen LogP contribution in [0.1, 0.15) is 55.4 Å². The van der Waals surface area contributed by atoms with Crippen LogP contribution in [0.3, 0.4) is 0 Å². The molecule has 7 aromatic carbocycles. The predicted molar refractivity (Wildman–Crippen MR) is 324 cm³/mol. The molecule has 0 aromatic heterocycles. The van der Waals surface area contributed by atoms with Gasteiger partial charge in [-0.05, 0) is 172 Å². The molecule has 23 nitrogen and oxygen atoms in total. The highest BCUT2D eigenvalue weighted by atomic mass is 16.6. The van der Waals surface area contributed by atoms with E-state index in [0.29, 0.717) is 79.6 Å². The van der Waals surface area contributed by atoms with Gasteiger partial charge in [-0.1, -0.05) is 66.7 Å². The fourth-order valence-corrected chi connectivity index (χ4v) is 10.6. The van der Waals surface area contributed by atoms with Gasteiger partial charge in [0, 0.05) is 17.8 Å². The average molecular weight is 1230 g/mol. The molecule has 90 heavy (non-hydrogen) atoms. The van der Waals surface area contributed by atoms with Crippen LogP contribution in [0.25, 0.3) is 0 Å². The minimum Gasteiger partial charge on any atom is -0.497 e. The maximum atomic E-state index is 13.2. The van der Waals surface area contributed by atoms with Gasteiger partial charge in [0.1, 0.15) is 46.9 Å². The average Bonchev–Trinajstić information content (AvgIpc) is 1.61.